The number of hydrogen-bond donors (Lipinski definition) is 2. The van der Waals surface area contributed by atoms with Gasteiger partial charge in [-0.05, 0) is 48.9 Å². The maximum absolute atomic E-state index is 12.0. The summed E-state index contributed by atoms with van der Waals surface area (Å²) < 4.78 is 11.7. The lowest BCUT2D eigenvalue weighted by molar-refractivity contribution is -0.121. The van der Waals surface area contributed by atoms with Crippen LogP contribution in [-0.2, 0) is 11.3 Å². The Balaban J connectivity index is 1.81. The van der Waals surface area contributed by atoms with Crippen LogP contribution in [0.25, 0.3) is 0 Å². The van der Waals surface area contributed by atoms with Crippen molar-refractivity contribution >= 4 is 39.3 Å². The van der Waals surface area contributed by atoms with E-state index < -0.39 is 0 Å². The lowest BCUT2D eigenvalue weighted by Crippen LogP contribution is -2.30. The Kier molecular flexibility index (Phi) is 8.60. The summed E-state index contributed by atoms with van der Waals surface area (Å²) in [6.45, 7) is 2.87. The zero-order chi connectivity index (χ0) is 20.5. The molecule has 0 heterocycles. The van der Waals surface area contributed by atoms with Gasteiger partial charge < -0.3 is 20.1 Å². The largest absolute Gasteiger partial charge is 0.493 e. The van der Waals surface area contributed by atoms with E-state index in [1.807, 2.05) is 6.92 Å². The Morgan fingerprint density at radius 1 is 1.14 bits per heavy atom. The fourth-order valence-electron chi connectivity index (χ4n) is 2.44. The first kappa shape index (κ1) is 22.0. The molecule has 2 aromatic carbocycles. The molecule has 0 atom stereocenters. The third kappa shape index (κ3) is 6.42. The number of methoxy groups -OCH3 is 1. The Bertz CT molecular complexity index is 828. The Hall–Kier alpha value is -2.25. The number of carbonyl (C=O) groups is 2. The summed E-state index contributed by atoms with van der Waals surface area (Å²) in [5.74, 6) is 0.598. The van der Waals surface area contributed by atoms with Gasteiger partial charge in [-0.15, -0.1) is 0 Å². The third-order valence-corrected chi connectivity index (χ3v) is 4.62. The van der Waals surface area contributed by atoms with Gasteiger partial charge in [-0.2, -0.15) is 0 Å². The van der Waals surface area contributed by atoms with Crippen molar-refractivity contribution in [2.75, 3.05) is 20.3 Å². The quantitative estimate of drug-likeness (QED) is 0.583. The maximum atomic E-state index is 12.0. The van der Waals surface area contributed by atoms with Crippen LogP contribution < -0.4 is 20.1 Å². The zero-order valence-corrected chi connectivity index (χ0v) is 18.0. The fourth-order valence-corrected chi connectivity index (χ4v) is 2.99. The van der Waals surface area contributed by atoms with Crippen LogP contribution in [0.1, 0.15) is 29.3 Å². The van der Waals surface area contributed by atoms with Crippen molar-refractivity contribution < 1.29 is 19.1 Å². The highest BCUT2D eigenvalue weighted by Crippen LogP contribution is 2.36. The molecule has 6 nitrogen and oxygen atoms in total. The van der Waals surface area contributed by atoms with Crippen molar-refractivity contribution in [3.8, 4) is 11.5 Å². The van der Waals surface area contributed by atoms with E-state index in [1.54, 1.807) is 36.4 Å². The average molecular weight is 470 g/mol. The summed E-state index contributed by atoms with van der Waals surface area (Å²) in [4.78, 5) is 24.0. The van der Waals surface area contributed by atoms with Crippen LogP contribution in [0, 0.1) is 0 Å². The lowest BCUT2D eigenvalue weighted by atomic mass is 10.2. The number of nitrogens with one attached hydrogen (secondary N) is 2. The molecular weight excluding hydrogens is 448 g/mol. The Labute approximate surface area is 177 Å². The van der Waals surface area contributed by atoms with Crippen LogP contribution in [0.4, 0.5) is 0 Å². The van der Waals surface area contributed by atoms with Crippen molar-refractivity contribution in [3.05, 3.63) is 57.0 Å². The number of carbonyl (C=O) groups excluding carboxylic acids is 2. The average Bonchev–Trinajstić information content (AvgIpc) is 2.68. The highest BCUT2D eigenvalue weighted by atomic mass is 79.9. The molecule has 0 saturated heterocycles. The highest BCUT2D eigenvalue weighted by molar-refractivity contribution is 9.10. The Morgan fingerprint density at radius 3 is 2.50 bits per heavy atom. The highest BCUT2D eigenvalue weighted by Gasteiger charge is 2.12. The molecule has 0 saturated carbocycles. The molecule has 0 fully saturated rings. The number of halogens is 2. The molecule has 0 bridgehead atoms. The number of rotatable bonds is 9. The van der Waals surface area contributed by atoms with E-state index in [9.17, 15) is 9.59 Å². The van der Waals surface area contributed by atoms with E-state index in [2.05, 4.69) is 26.6 Å². The SMILES string of the molecule is CCOc1c(Cl)cc(CNC(=O)CCNC(=O)c2ccc(Br)cc2)cc1OC. The van der Waals surface area contributed by atoms with Gasteiger partial charge in [-0.25, -0.2) is 0 Å². The van der Waals surface area contributed by atoms with Gasteiger partial charge >= 0.3 is 0 Å². The molecular formula is C20H22BrClN2O4. The van der Waals surface area contributed by atoms with Gasteiger partial charge in [0.1, 0.15) is 0 Å². The summed E-state index contributed by atoms with van der Waals surface area (Å²) in [6, 6.07) is 10.5. The molecule has 28 heavy (non-hydrogen) atoms. The first-order valence-corrected chi connectivity index (χ1v) is 9.91. The van der Waals surface area contributed by atoms with E-state index in [-0.39, 0.29) is 24.8 Å². The molecule has 0 spiro atoms. The number of hydrogen-bond acceptors (Lipinski definition) is 4. The summed E-state index contributed by atoms with van der Waals surface area (Å²) in [5, 5.41) is 5.95. The lowest BCUT2D eigenvalue weighted by Gasteiger charge is -2.13. The zero-order valence-electron chi connectivity index (χ0n) is 15.7. The van der Waals surface area contributed by atoms with Crippen LogP contribution in [0.15, 0.2) is 40.9 Å². The number of benzene rings is 2. The minimum atomic E-state index is -0.219. The Morgan fingerprint density at radius 2 is 1.86 bits per heavy atom. The van der Waals surface area contributed by atoms with Gasteiger partial charge in [-0.3, -0.25) is 9.59 Å². The van der Waals surface area contributed by atoms with E-state index >= 15 is 0 Å². The molecule has 2 amide bonds. The first-order valence-electron chi connectivity index (χ1n) is 8.74. The molecule has 0 radical (unpaired) electrons. The molecule has 2 N–H and O–H groups in total. The molecule has 0 unspecified atom stereocenters. The summed E-state index contributed by atoms with van der Waals surface area (Å²) >= 11 is 9.55. The molecule has 2 aromatic rings. The van der Waals surface area contributed by atoms with Crippen LogP contribution in [0.5, 0.6) is 11.5 Å². The minimum Gasteiger partial charge on any atom is -0.493 e. The van der Waals surface area contributed by atoms with Gasteiger partial charge in [0.05, 0.1) is 18.7 Å². The van der Waals surface area contributed by atoms with Gasteiger partial charge in [0.15, 0.2) is 11.5 Å². The van der Waals surface area contributed by atoms with E-state index in [4.69, 9.17) is 21.1 Å². The first-order chi connectivity index (χ1) is 13.4. The van der Waals surface area contributed by atoms with E-state index in [0.29, 0.717) is 35.2 Å². The summed E-state index contributed by atoms with van der Waals surface area (Å²) in [5.41, 5.74) is 1.33. The summed E-state index contributed by atoms with van der Waals surface area (Å²) in [6.07, 6.45) is 0.171. The monoisotopic (exact) mass is 468 g/mol. The summed E-state index contributed by atoms with van der Waals surface area (Å²) in [7, 11) is 1.53. The van der Waals surface area contributed by atoms with Crippen LogP contribution in [-0.4, -0.2) is 32.1 Å². The van der Waals surface area contributed by atoms with Crippen LogP contribution in [0.3, 0.4) is 0 Å². The predicted molar refractivity (Wildman–Crippen MR) is 112 cm³/mol. The molecule has 0 aliphatic carbocycles. The van der Waals surface area contributed by atoms with Gasteiger partial charge in [-0.1, -0.05) is 27.5 Å². The van der Waals surface area contributed by atoms with Gasteiger partial charge in [0.25, 0.3) is 5.91 Å². The van der Waals surface area contributed by atoms with Crippen LogP contribution >= 0.6 is 27.5 Å². The maximum Gasteiger partial charge on any atom is 0.251 e. The molecule has 150 valence electrons. The van der Waals surface area contributed by atoms with Crippen molar-refractivity contribution in [1.82, 2.24) is 10.6 Å². The minimum absolute atomic E-state index is 0.171. The number of amides is 2. The van der Waals surface area contributed by atoms with Gasteiger partial charge in [0.2, 0.25) is 5.91 Å². The standard InChI is InChI=1S/C20H22BrClN2O4/c1-3-28-19-16(22)10-13(11-17(19)27-2)12-24-18(25)8-9-23-20(26)14-4-6-15(21)7-5-14/h4-7,10-11H,3,8-9,12H2,1-2H3,(H,23,26)(H,24,25). The topological polar surface area (TPSA) is 76.7 Å². The van der Waals surface area contributed by atoms with Crippen LogP contribution in [0.2, 0.25) is 5.02 Å². The smallest absolute Gasteiger partial charge is 0.251 e. The predicted octanol–water partition coefficient (Wildman–Crippen LogP) is 3.95. The molecule has 0 aliphatic rings. The van der Waals surface area contributed by atoms with Crippen molar-refractivity contribution in [1.29, 1.82) is 0 Å². The van der Waals surface area contributed by atoms with Crippen molar-refractivity contribution in [3.63, 3.8) is 0 Å². The van der Waals surface area contributed by atoms with Crippen molar-refractivity contribution in [2.24, 2.45) is 0 Å². The fraction of sp³-hybridized carbons (Fsp3) is 0.300. The normalized spacial score (nSPS) is 10.3. The molecule has 2 rings (SSSR count). The second-order valence-electron chi connectivity index (χ2n) is 5.83. The van der Waals surface area contributed by atoms with E-state index in [1.165, 1.54) is 7.11 Å². The molecule has 0 aromatic heterocycles. The molecule has 0 aliphatic heterocycles. The van der Waals surface area contributed by atoms with E-state index in [0.717, 1.165) is 10.0 Å². The number of ether oxygens (including phenoxy) is 2. The second kappa shape index (κ2) is 10.9. The van der Waals surface area contributed by atoms with Crippen molar-refractivity contribution in [2.45, 2.75) is 19.9 Å². The van der Waals surface area contributed by atoms with Gasteiger partial charge in [0, 0.05) is 29.5 Å². The molecule has 8 heteroatoms. The second-order valence-corrected chi connectivity index (χ2v) is 7.15. The third-order valence-electron chi connectivity index (χ3n) is 3.81.